The summed E-state index contributed by atoms with van der Waals surface area (Å²) in [5, 5.41) is 0. The number of carbonyl (C=O) groups is 1. The molecule has 1 aromatic rings. The maximum Gasteiger partial charge on any atom is 0.254 e. The highest BCUT2D eigenvalue weighted by molar-refractivity contribution is 7.91. The molecule has 116 valence electrons. The molecule has 0 aromatic heterocycles. The summed E-state index contributed by atoms with van der Waals surface area (Å²) >= 11 is 0. The van der Waals surface area contributed by atoms with Crippen LogP contribution in [0.5, 0.6) is 0 Å². The number of aryl methyl sites for hydroxylation is 1. The van der Waals surface area contributed by atoms with Crippen molar-refractivity contribution in [3.8, 4) is 0 Å². The van der Waals surface area contributed by atoms with Crippen molar-refractivity contribution in [3.63, 3.8) is 0 Å². The largest absolute Gasteiger partial charge is 0.335 e. The number of sulfone groups is 1. The number of benzene rings is 1. The monoisotopic (exact) mass is 309 g/mol. The van der Waals surface area contributed by atoms with Gasteiger partial charge in [0, 0.05) is 18.2 Å². The van der Waals surface area contributed by atoms with Crippen LogP contribution in [0.1, 0.15) is 42.1 Å². The molecule has 1 aromatic carbocycles. The van der Waals surface area contributed by atoms with Gasteiger partial charge in [-0.15, -0.1) is 0 Å². The van der Waals surface area contributed by atoms with Gasteiger partial charge in [0.2, 0.25) is 0 Å². The molecule has 5 heteroatoms. The lowest BCUT2D eigenvalue weighted by molar-refractivity contribution is 0.0694. The molecule has 1 amide bonds. The Morgan fingerprint density at radius 3 is 2.71 bits per heavy atom. The standard InChI is InChI=1S/C16H23NO3S/c1-3-4-9-17(15-8-10-21(19,20)12-15)16(18)14-7-5-6-13(2)11-14/h5-7,11,15H,3-4,8-10,12H2,1-2H3. The normalized spacial score (nSPS) is 20.4. The molecule has 0 saturated carbocycles. The zero-order valence-electron chi connectivity index (χ0n) is 12.7. The molecule has 2 rings (SSSR count). The first kappa shape index (κ1) is 16.0. The van der Waals surface area contributed by atoms with Crippen molar-refractivity contribution in [1.82, 2.24) is 4.90 Å². The second-order valence-electron chi connectivity index (χ2n) is 5.78. The number of unbranched alkanes of at least 4 members (excludes halogenated alkanes) is 1. The van der Waals surface area contributed by atoms with Crippen LogP contribution in [-0.4, -0.2) is 43.3 Å². The Kier molecular flexibility index (Phi) is 5.04. The number of hydrogen-bond donors (Lipinski definition) is 0. The Labute approximate surface area is 127 Å². The van der Waals surface area contributed by atoms with Gasteiger partial charge >= 0.3 is 0 Å². The third-order valence-electron chi connectivity index (χ3n) is 3.93. The third-order valence-corrected chi connectivity index (χ3v) is 5.68. The molecule has 1 atom stereocenters. The molecule has 1 heterocycles. The van der Waals surface area contributed by atoms with Gasteiger partial charge in [-0.25, -0.2) is 8.42 Å². The van der Waals surface area contributed by atoms with Crippen molar-refractivity contribution in [2.75, 3.05) is 18.1 Å². The van der Waals surface area contributed by atoms with Gasteiger partial charge in [-0.3, -0.25) is 4.79 Å². The van der Waals surface area contributed by atoms with Crippen molar-refractivity contribution in [3.05, 3.63) is 35.4 Å². The molecule has 4 nitrogen and oxygen atoms in total. The molecule has 21 heavy (non-hydrogen) atoms. The number of nitrogens with zero attached hydrogens (tertiary/aromatic N) is 1. The molecule has 1 saturated heterocycles. The van der Waals surface area contributed by atoms with Gasteiger partial charge in [-0.05, 0) is 31.9 Å². The van der Waals surface area contributed by atoms with Gasteiger partial charge in [0.05, 0.1) is 11.5 Å². The molecule has 0 N–H and O–H groups in total. The first-order valence-corrected chi connectivity index (χ1v) is 9.33. The van der Waals surface area contributed by atoms with Crippen LogP contribution in [0, 0.1) is 6.92 Å². The molecule has 1 unspecified atom stereocenters. The Balaban J connectivity index is 2.21. The van der Waals surface area contributed by atoms with E-state index in [1.165, 1.54) is 0 Å². The van der Waals surface area contributed by atoms with Crippen LogP contribution in [0.25, 0.3) is 0 Å². The average Bonchev–Trinajstić information content (AvgIpc) is 2.79. The third kappa shape index (κ3) is 4.06. The molecule has 0 spiro atoms. The van der Waals surface area contributed by atoms with Crippen LogP contribution in [0.3, 0.4) is 0 Å². The summed E-state index contributed by atoms with van der Waals surface area (Å²) in [5.74, 6) is 0.254. The van der Waals surface area contributed by atoms with E-state index in [1.54, 1.807) is 11.0 Å². The Morgan fingerprint density at radius 2 is 2.14 bits per heavy atom. The molecule has 0 bridgehead atoms. The van der Waals surface area contributed by atoms with Gasteiger partial charge in [0.15, 0.2) is 9.84 Å². The predicted octanol–water partition coefficient (Wildman–Crippen LogP) is 2.42. The van der Waals surface area contributed by atoms with E-state index < -0.39 is 9.84 Å². The van der Waals surface area contributed by atoms with E-state index in [4.69, 9.17) is 0 Å². The van der Waals surface area contributed by atoms with Crippen LogP contribution in [0.15, 0.2) is 24.3 Å². The second-order valence-corrected chi connectivity index (χ2v) is 8.01. The number of amides is 1. The second kappa shape index (κ2) is 6.60. The van der Waals surface area contributed by atoms with Crippen LogP contribution < -0.4 is 0 Å². The Bertz CT molecular complexity index is 610. The van der Waals surface area contributed by atoms with Gasteiger partial charge in [0.25, 0.3) is 5.91 Å². The maximum absolute atomic E-state index is 12.7. The van der Waals surface area contributed by atoms with Gasteiger partial charge in [-0.1, -0.05) is 31.0 Å². The number of carbonyl (C=O) groups excluding carboxylic acids is 1. The minimum Gasteiger partial charge on any atom is -0.335 e. The lowest BCUT2D eigenvalue weighted by atomic mass is 10.1. The van der Waals surface area contributed by atoms with Crippen molar-refractivity contribution < 1.29 is 13.2 Å². The van der Waals surface area contributed by atoms with Gasteiger partial charge < -0.3 is 4.90 Å². The first-order chi connectivity index (χ1) is 9.93. The lowest BCUT2D eigenvalue weighted by Gasteiger charge is -2.28. The van der Waals surface area contributed by atoms with Crippen molar-refractivity contribution in [2.24, 2.45) is 0 Å². The van der Waals surface area contributed by atoms with Gasteiger partial charge in [0.1, 0.15) is 0 Å². The molecule has 1 fully saturated rings. The topological polar surface area (TPSA) is 54.5 Å². The fourth-order valence-electron chi connectivity index (χ4n) is 2.74. The molecular formula is C16H23NO3S. The number of rotatable bonds is 5. The molecular weight excluding hydrogens is 286 g/mol. The Hall–Kier alpha value is -1.36. The summed E-state index contributed by atoms with van der Waals surface area (Å²) in [6.07, 6.45) is 2.44. The summed E-state index contributed by atoms with van der Waals surface area (Å²) in [6, 6.07) is 7.32. The lowest BCUT2D eigenvalue weighted by Crippen LogP contribution is -2.41. The average molecular weight is 309 g/mol. The molecule has 0 radical (unpaired) electrons. The van der Waals surface area contributed by atoms with Gasteiger partial charge in [-0.2, -0.15) is 0 Å². The SMILES string of the molecule is CCCCN(C(=O)c1cccc(C)c1)C1CCS(=O)(=O)C1. The number of hydrogen-bond acceptors (Lipinski definition) is 3. The highest BCUT2D eigenvalue weighted by atomic mass is 32.2. The van der Waals surface area contributed by atoms with Crippen LogP contribution in [-0.2, 0) is 9.84 Å². The highest BCUT2D eigenvalue weighted by Gasteiger charge is 2.34. The van der Waals surface area contributed by atoms with E-state index in [-0.39, 0.29) is 23.5 Å². The smallest absolute Gasteiger partial charge is 0.254 e. The quantitative estimate of drug-likeness (QED) is 0.839. The minimum absolute atomic E-state index is 0.0470. The highest BCUT2D eigenvalue weighted by Crippen LogP contribution is 2.21. The summed E-state index contributed by atoms with van der Waals surface area (Å²) in [4.78, 5) is 14.5. The van der Waals surface area contributed by atoms with Crippen molar-refractivity contribution in [1.29, 1.82) is 0 Å². The minimum atomic E-state index is -2.98. The van der Waals surface area contributed by atoms with Crippen molar-refractivity contribution >= 4 is 15.7 Å². The molecule has 1 aliphatic heterocycles. The van der Waals surface area contributed by atoms with E-state index in [1.807, 2.05) is 25.1 Å². The van der Waals surface area contributed by atoms with Crippen LogP contribution >= 0.6 is 0 Å². The zero-order chi connectivity index (χ0) is 15.5. The van der Waals surface area contributed by atoms with Crippen molar-refractivity contribution in [2.45, 2.75) is 39.2 Å². The van der Waals surface area contributed by atoms with E-state index in [0.29, 0.717) is 18.5 Å². The Morgan fingerprint density at radius 1 is 1.38 bits per heavy atom. The zero-order valence-corrected chi connectivity index (χ0v) is 13.5. The summed E-state index contributed by atoms with van der Waals surface area (Å²) in [6.45, 7) is 4.65. The summed E-state index contributed by atoms with van der Waals surface area (Å²) in [7, 11) is -2.98. The van der Waals surface area contributed by atoms with Crippen LogP contribution in [0.4, 0.5) is 0 Å². The molecule has 1 aliphatic rings. The van der Waals surface area contributed by atoms with E-state index in [0.717, 1.165) is 18.4 Å². The fraction of sp³-hybridized carbons (Fsp3) is 0.562. The maximum atomic E-state index is 12.7. The summed E-state index contributed by atoms with van der Waals surface area (Å²) in [5.41, 5.74) is 1.69. The predicted molar refractivity (Wildman–Crippen MR) is 84.2 cm³/mol. The first-order valence-electron chi connectivity index (χ1n) is 7.51. The fourth-order valence-corrected chi connectivity index (χ4v) is 4.47. The van der Waals surface area contributed by atoms with E-state index in [2.05, 4.69) is 6.92 Å². The van der Waals surface area contributed by atoms with E-state index >= 15 is 0 Å². The van der Waals surface area contributed by atoms with E-state index in [9.17, 15) is 13.2 Å². The summed E-state index contributed by atoms with van der Waals surface area (Å²) < 4.78 is 23.4. The molecule has 0 aliphatic carbocycles. The van der Waals surface area contributed by atoms with Crippen LogP contribution in [0.2, 0.25) is 0 Å².